The van der Waals surface area contributed by atoms with Gasteiger partial charge >= 0.3 is 0 Å². The monoisotopic (exact) mass is 318 g/mol. The van der Waals surface area contributed by atoms with Gasteiger partial charge in [0.1, 0.15) is 5.75 Å². The Bertz CT molecular complexity index is 536. The summed E-state index contributed by atoms with van der Waals surface area (Å²) < 4.78 is 5.73. The molecule has 1 aromatic rings. The number of nitrogens with one attached hydrogen (secondary N) is 1. The third kappa shape index (κ3) is 4.47. The molecule has 1 saturated carbocycles. The van der Waals surface area contributed by atoms with Gasteiger partial charge in [0.15, 0.2) is 6.10 Å². The fourth-order valence-corrected chi connectivity index (χ4v) is 3.02. The van der Waals surface area contributed by atoms with Crippen LogP contribution in [0.1, 0.15) is 49.4 Å². The number of ether oxygens (including phenoxy) is 1. The maximum atomic E-state index is 12.5. The van der Waals surface area contributed by atoms with E-state index in [1.54, 1.807) is 38.2 Å². The zero-order valence-corrected chi connectivity index (χ0v) is 14.2. The number of nitrogens with zero attached hydrogens (tertiary/aromatic N) is 1. The van der Waals surface area contributed by atoms with Crippen molar-refractivity contribution < 1.29 is 14.3 Å². The van der Waals surface area contributed by atoms with Crippen LogP contribution in [0.15, 0.2) is 24.3 Å². The van der Waals surface area contributed by atoms with Crippen LogP contribution in [0.4, 0.5) is 0 Å². The highest BCUT2D eigenvalue weighted by Gasteiger charge is 2.26. The lowest BCUT2D eigenvalue weighted by Crippen LogP contribution is -2.44. The Morgan fingerprint density at radius 1 is 1.17 bits per heavy atom. The number of carbonyl (C=O) groups excluding carboxylic acids is 2. The first-order chi connectivity index (χ1) is 11.0. The van der Waals surface area contributed by atoms with E-state index in [1.807, 2.05) is 11.9 Å². The highest BCUT2D eigenvalue weighted by molar-refractivity contribution is 5.94. The van der Waals surface area contributed by atoms with E-state index in [9.17, 15) is 9.59 Å². The van der Waals surface area contributed by atoms with Crippen LogP contribution in [0.5, 0.6) is 5.75 Å². The fourth-order valence-electron chi connectivity index (χ4n) is 3.02. The number of hydrogen-bond acceptors (Lipinski definition) is 3. The molecule has 0 saturated heterocycles. The van der Waals surface area contributed by atoms with Gasteiger partial charge in [-0.25, -0.2) is 0 Å². The molecule has 1 fully saturated rings. The lowest BCUT2D eigenvalue weighted by atomic mass is 9.94. The highest BCUT2D eigenvalue weighted by atomic mass is 16.5. The minimum atomic E-state index is -0.534. The summed E-state index contributed by atoms with van der Waals surface area (Å²) in [7, 11) is 3.46. The summed E-state index contributed by atoms with van der Waals surface area (Å²) in [4.78, 5) is 25.8. The van der Waals surface area contributed by atoms with E-state index >= 15 is 0 Å². The molecule has 0 radical (unpaired) electrons. The Balaban J connectivity index is 1.93. The zero-order valence-electron chi connectivity index (χ0n) is 14.2. The van der Waals surface area contributed by atoms with Gasteiger partial charge in [-0.15, -0.1) is 0 Å². The average molecular weight is 318 g/mol. The second kappa shape index (κ2) is 7.99. The van der Waals surface area contributed by atoms with Crippen molar-refractivity contribution in [3.8, 4) is 5.75 Å². The molecule has 2 amide bonds. The first-order valence-corrected chi connectivity index (χ1v) is 8.28. The van der Waals surface area contributed by atoms with Gasteiger partial charge in [0.2, 0.25) is 0 Å². The minimum absolute atomic E-state index is 0.00674. The molecule has 1 aromatic carbocycles. The van der Waals surface area contributed by atoms with Crippen LogP contribution in [-0.2, 0) is 4.79 Å². The van der Waals surface area contributed by atoms with E-state index in [1.165, 1.54) is 19.3 Å². The van der Waals surface area contributed by atoms with Crippen molar-refractivity contribution in [3.05, 3.63) is 29.8 Å². The van der Waals surface area contributed by atoms with Gasteiger partial charge < -0.3 is 15.0 Å². The van der Waals surface area contributed by atoms with Crippen LogP contribution >= 0.6 is 0 Å². The van der Waals surface area contributed by atoms with Gasteiger partial charge in [-0.1, -0.05) is 19.3 Å². The fraction of sp³-hybridized carbons (Fsp3) is 0.556. The molecule has 0 spiro atoms. The molecule has 1 aliphatic rings. The molecule has 5 nitrogen and oxygen atoms in total. The van der Waals surface area contributed by atoms with Crippen LogP contribution in [-0.4, -0.2) is 43.0 Å². The third-order valence-electron chi connectivity index (χ3n) is 4.47. The van der Waals surface area contributed by atoms with Crippen LogP contribution in [0.25, 0.3) is 0 Å². The van der Waals surface area contributed by atoms with Crippen LogP contribution in [0.2, 0.25) is 0 Å². The number of hydrogen-bond donors (Lipinski definition) is 1. The van der Waals surface area contributed by atoms with E-state index in [0.717, 1.165) is 12.8 Å². The number of carbonyl (C=O) groups is 2. The zero-order chi connectivity index (χ0) is 16.8. The molecule has 1 N–H and O–H groups in total. The highest BCUT2D eigenvalue weighted by Crippen LogP contribution is 2.23. The average Bonchev–Trinajstić information content (AvgIpc) is 2.61. The lowest BCUT2D eigenvalue weighted by molar-refractivity contribution is -0.139. The Morgan fingerprint density at radius 3 is 2.35 bits per heavy atom. The summed E-state index contributed by atoms with van der Waals surface area (Å²) in [5, 5.41) is 2.57. The number of benzene rings is 1. The van der Waals surface area contributed by atoms with Crippen molar-refractivity contribution in [2.24, 2.45) is 0 Å². The summed E-state index contributed by atoms with van der Waals surface area (Å²) in [5.74, 6) is 0.459. The van der Waals surface area contributed by atoms with Gasteiger partial charge in [0, 0.05) is 25.7 Å². The Labute approximate surface area is 138 Å². The smallest absolute Gasteiger partial charge is 0.263 e. The molecule has 0 aromatic heterocycles. The van der Waals surface area contributed by atoms with Crippen molar-refractivity contribution in [2.45, 2.75) is 51.2 Å². The molecule has 0 heterocycles. The molecule has 2 rings (SSSR count). The Kier molecular flexibility index (Phi) is 6.02. The largest absolute Gasteiger partial charge is 0.481 e. The molecule has 0 unspecified atom stereocenters. The van der Waals surface area contributed by atoms with Crippen molar-refractivity contribution in [3.63, 3.8) is 0 Å². The van der Waals surface area contributed by atoms with Gasteiger partial charge in [-0.3, -0.25) is 9.59 Å². The predicted molar refractivity (Wildman–Crippen MR) is 89.6 cm³/mol. The van der Waals surface area contributed by atoms with E-state index in [2.05, 4.69) is 5.32 Å². The number of rotatable bonds is 5. The minimum Gasteiger partial charge on any atom is -0.481 e. The molecular formula is C18H26N2O3. The summed E-state index contributed by atoms with van der Waals surface area (Å²) >= 11 is 0. The lowest BCUT2D eigenvalue weighted by Gasteiger charge is -2.32. The second-order valence-corrected chi connectivity index (χ2v) is 6.10. The molecule has 1 atom stereocenters. The van der Waals surface area contributed by atoms with Gasteiger partial charge in [0.05, 0.1) is 0 Å². The number of likely N-dealkylation sites (N-methyl/N-ethyl adjacent to an activating group) is 1. The van der Waals surface area contributed by atoms with E-state index in [4.69, 9.17) is 4.74 Å². The number of amides is 2. The Hall–Kier alpha value is -2.04. The molecular weight excluding hydrogens is 292 g/mol. The summed E-state index contributed by atoms with van der Waals surface area (Å²) in [5.41, 5.74) is 0.568. The molecule has 126 valence electrons. The van der Waals surface area contributed by atoms with E-state index in [-0.39, 0.29) is 11.8 Å². The first kappa shape index (κ1) is 17.3. The van der Waals surface area contributed by atoms with Gasteiger partial charge in [0.25, 0.3) is 11.8 Å². The molecule has 1 aliphatic carbocycles. The maximum absolute atomic E-state index is 12.5. The van der Waals surface area contributed by atoms with Crippen molar-refractivity contribution in [1.29, 1.82) is 0 Å². The van der Waals surface area contributed by atoms with Crippen LogP contribution < -0.4 is 10.1 Å². The summed E-state index contributed by atoms with van der Waals surface area (Å²) in [6.45, 7) is 1.77. The first-order valence-electron chi connectivity index (χ1n) is 8.28. The molecule has 23 heavy (non-hydrogen) atoms. The Morgan fingerprint density at radius 2 is 1.78 bits per heavy atom. The summed E-state index contributed by atoms with van der Waals surface area (Å²) in [6, 6.07) is 7.15. The quantitative estimate of drug-likeness (QED) is 0.908. The third-order valence-corrected chi connectivity index (χ3v) is 4.47. The SMILES string of the molecule is CNC(=O)c1ccc(O[C@@H](C)C(=O)N(C)C2CCCCC2)cc1. The second-order valence-electron chi connectivity index (χ2n) is 6.10. The summed E-state index contributed by atoms with van der Waals surface area (Å²) in [6.07, 6.45) is 5.28. The van der Waals surface area contributed by atoms with E-state index < -0.39 is 6.10 Å². The predicted octanol–water partition coefficient (Wildman–Crippen LogP) is 2.60. The normalized spacial score (nSPS) is 16.5. The van der Waals surface area contributed by atoms with Crippen LogP contribution in [0.3, 0.4) is 0 Å². The van der Waals surface area contributed by atoms with Crippen molar-refractivity contribution in [1.82, 2.24) is 10.2 Å². The van der Waals surface area contributed by atoms with Crippen LogP contribution in [0, 0.1) is 0 Å². The van der Waals surface area contributed by atoms with Gasteiger partial charge in [-0.2, -0.15) is 0 Å². The maximum Gasteiger partial charge on any atom is 0.263 e. The molecule has 5 heteroatoms. The molecule has 0 aliphatic heterocycles. The van der Waals surface area contributed by atoms with Crippen molar-refractivity contribution in [2.75, 3.05) is 14.1 Å². The van der Waals surface area contributed by atoms with Crippen molar-refractivity contribution >= 4 is 11.8 Å². The topological polar surface area (TPSA) is 58.6 Å². The standard InChI is InChI=1S/C18H26N2O3/c1-13(18(22)20(3)15-7-5-4-6-8-15)23-16-11-9-14(10-12-16)17(21)19-2/h9-13,15H,4-8H2,1-3H3,(H,19,21)/t13-/m0/s1. The van der Waals surface area contributed by atoms with Gasteiger partial charge in [-0.05, 0) is 44.0 Å². The molecule has 0 bridgehead atoms. The van der Waals surface area contributed by atoms with E-state index in [0.29, 0.717) is 17.4 Å².